The molecule has 0 amide bonds. The van der Waals surface area contributed by atoms with Gasteiger partial charge < -0.3 is 9.80 Å². The molecule has 1 heterocycles. The van der Waals surface area contributed by atoms with Gasteiger partial charge in [0.15, 0.2) is 0 Å². The van der Waals surface area contributed by atoms with Crippen molar-refractivity contribution in [2.24, 2.45) is 11.8 Å². The maximum Gasteiger partial charge on any atom is 0.00154 e. The highest BCUT2D eigenvalue weighted by Crippen LogP contribution is 2.35. The predicted octanol–water partition coefficient (Wildman–Crippen LogP) is 2.62. The van der Waals surface area contributed by atoms with Crippen molar-refractivity contribution in [1.82, 2.24) is 9.80 Å². The van der Waals surface area contributed by atoms with E-state index >= 15 is 0 Å². The number of hydrogen-bond acceptors (Lipinski definition) is 2. The predicted molar refractivity (Wildman–Crippen MR) is 74.2 cm³/mol. The molecule has 0 saturated carbocycles. The van der Waals surface area contributed by atoms with Gasteiger partial charge in [-0.15, -0.1) is 0 Å². The molecule has 1 saturated heterocycles. The Morgan fingerprint density at radius 2 is 2.18 bits per heavy atom. The third kappa shape index (κ3) is 3.82. The van der Waals surface area contributed by atoms with Crippen molar-refractivity contribution in [2.45, 2.75) is 32.6 Å². The summed E-state index contributed by atoms with van der Waals surface area (Å²) in [6.07, 6.45) is 7.93. The first-order valence-electron chi connectivity index (χ1n) is 7.18. The molecule has 2 rings (SSSR count). The van der Waals surface area contributed by atoms with Crippen molar-refractivity contribution >= 4 is 0 Å². The molecule has 2 aliphatic rings. The standard InChI is InChI=1S/C15H28N2/c1-13-5-6-15-12-17(9-4-8-16(2)3)10-7-14(15)11-13/h5,14-15H,4,6-12H2,1-3H3/t14?,15-/m0/s1. The smallest absolute Gasteiger partial charge is 0.00154 e. The first-order valence-corrected chi connectivity index (χ1v) is 7.18. The fraction of sp³-hybridized carbons (Fsp3) is 0.867. The molecule has 2 nitrogen and oxygen atoms in total. The van der Waals surface area contributed by atoms with E-state index in [1.807, 2.05) is 0 Å². The van der Waals surface area contributed by atoms with Crippen LogP contribution in [0.25, 0.3) is 0 Å². The summed E-state index contributed by atoms with van der Waals surface area (Å²) in [6.45, 7) is 7.51. The third-order valence-electron chi connectivity index (χ3n) is 4.41. The zero-order chi connectivity index (χ0) is 12.3. The Hall–Kier alpha value is -0.340. The van der Waals surface area contributed by atoms with Gasteiger partial charge in [-0.3, -0.25) is 0 Å². The minimum Gasteiger partial charge on any atom is -0.309 e. The average molecular weight is 236 g/mol. The molecule has 0 bridgehead atoms. The van der Waals surface area contributed by atoms with Crippen molar-refractivity contribution in [3.63, 3.8) is 0 Å². The Balaban J connectivity index is 1.74. The molecule has 0 N–H and O–H groups in total. The van der Waals surface area contributed by atoms with E-state index in [1.54, 1.807) is 5.57 Å². The van der Waals surface area contributed by atoms with Gasteiger partial charge in [0.25, 0.3) is 0 Å². The van der Waals surface area contributed by atoms with E-state index in [0.717, 1.165) is 11.8 Å². The second-order valence-electron chi connectivity index (χ2n) is 6.26. The highest BCUT2D eigenvalue weighted by atomic mass is 15.1. The average Bonchev–Trinajstić information content (AvgIpc) is 2.29. The molecular weight excluding hydrogens is 208 g/mol. The molecule has 0 aromatic heterocycles. The number of allylic oxidation sites excluding steroid dienone is 2. The van der Waals surface area contributed by atoms with Gasteiger partial charge in [0.2, 0.25) is 0 Å². The zero-order valence-electron chi connectivity index (χ0n) is 11.8. The summed E-state index contributed by atoms with van der Waals surface area (Å²) < 4.78 is 0. The van der Waals surface area contributed by atoms with Crippen molar-refractivity contribution in [2.75, 3.05) is 40.3 Å². The van der Waals surface area contributed by atoms with Crippen LogP contribution in [0.5, 0.6) is 0 Å². The molecule has 1 aliphatic carbocycles. The Labute approximate surface area is 107 Å². The van der Waals surface area contributed by atoms with Gasteiger partial charge in [-0.25, -0.2) is 0 Å². The van der Waals surface area contributed by atoms with Gasteiger partial charge in [-0.05, 0) is 78.2 Å². The fourth-order valence-corrected chi connectivity index (χ4v) is 3.35. The maximum atomic E-state index is 2.69. The normalized spacial score (nSPS) is 30.2. The lowest BCUT2D eigenvalue weighted by Gasteiger charge is -2.40. The van der Waals surface area contributed by atoms with Crippen LogP contribution in [0.15, 0.2) is 11.6 Å². The van der Waals surface area contributed by atoms with Crippen molar-refractivity contribution in [1.29, 1.82) is 0 Å². The Morgan fingerprint density at radius 3 is 2.94 bits per heavy atom. The molecule has 0 aromatic carbocycles. The van der Waals surface area contributed by atoms with Crippen LogP contribution < -0.4 is 0 Å². The van der Waals surface area contributed by atoms with E-state index in [4.69, 9.17) is 0 Å². The number of nitrogens with zero attached hydrogens (tertiary/aromatic N) is 2. The van der Waals surface area contributed by atoms with Gasteiger partial charge in [-0.2, -0.15) is 0 Å². The second-order valence-corrected chi connectivity index (χ2v) is 6.26. The molecular formula is C15H28N2. The Morgan fingerprint density at radius 1 is 1.35 bits per heavy atom. The van der Waals surface area contributed by atoms with Crippen molar-refractivity contribution < 1.29 is 0 Å². The largest absolute Gasteiger partial charge is 0.309 e. The lowest BCUT2D eigenvalue weighted by atomic mass is 9.76. The molecule has 2 atom stereocenters. The second kappa shape index (κ2) is 6.01. The topological polar surface area (TPSA) is 6.48 Å². The minimum absolute atomic E-state index is 0.951. The number of likely N-dealkylation sites (tertiary alicyclic amines) is 1. The van der Waals surface area contributed by atoms with E-state index in [1.165, 1.54) is 51.9 Å². The Kier molecular flexibility index (Phi) is 4.63. The van der Waals surface area contributed by atoms with E-state index in [9.17, 15) is 0 Å². The minimum atomic E-state index is 0.951. The monoisotopic (exact) mass is 236 g/mol. The van der Waals surface area contributed by atoms with Gasteiger partial charge in [0.1, 0.15) is 0 Å². The van der Waals surface area contributed by atoms with Crippen LogP contribution in [0.4, 0.5) is 0 Å². The van der Waals surface area contributed by atoms with E-state index in [2.05, 4.69) is 36.9 Å². The molecule has 0 radical (unpaired) electrons. The van der Waals surface area contributed by atoms with E-state index in [0.29, 0.717) is 0 Å². The maximum absolute atomic E-state index is 2.69. The quantitative estimate of drug-likeness (QED) is 0.692. The first-order chi connectivity index (χ1) is 8.15. The Bertz CT molecular complexity index is 270. The molecule has 0 aromatic rings. The van der Waals surface area contributed by atoms with Crippen LogP contribution in [0.2, 0.25) is 0 Å². The summed E-state index contributed by atoms with van der Waals surface area (Å²) in [4.78, 5) is 4.98. The molecule has 1 unspecified atom stereocenters. The van der Waals surface area contributed by atoms with Gasteiger partial charge in [0, 0.05) is 6.54 Å². The third-order valence-corrected chi connectivity index (χ3v) is 4.41. The number of rotatable bonds is 4. The van der Waals surface area contributed by atoms with Gasteiger partial charge >= 0.3 is 0 Å². The first kappa shape index (κ1) is 13.1. The number of piperidine rings is 1. The molecule has 1 fully saturated rings. The molecule has 1 aliphatic heterocycles. The molecule has 2 heteroatoms. The van der Waals surface area contributed by atoms with Gasteiger partial charge in [0.05, 0.1) is 0 Å². The summed E-state index contributed by atoms with van der Waals surface area (Å²) in [5.74, 6) is 1.94. The molecule has 17 heavy (non-hydrogen) atoms. The van der Waals surface area contributed by atoms with Gasteiger partial charge in [-0.1, -0.05) is 11.6 Å². The summed E-state index contributed by atoms with van der Waals surface area (Å²) in [7, 11) is 4.34. The fourth-order valence-electron chi connectivity index (χ4n) is 3.35. The number of fused-ring (bicyclic) bond motifs is 1. The van der Waals surface area contributed by atoms with Crippen LogP contribution in [0, 0.1) is 11.8 Å². The van der Waals surface area contributed by atoms with Crippen molar-refractivity contribution in [3.8, 4) is 0 Å². The van der Waals surface area contributed by atoms with E-state index < -0.39 is 0 Å². The summed E-state index contributed by atoms with van der Waals surface area (Å²) >= 11 is 0. The van der Waals surface area contributed by atoms with Crippen LogP contribution in [-0.4, -0.2) is 50.1 Å². The van der Waals surface area contributed by atoms with Crippen LogP contribution in [0.1, 0.15) is 32.6 Å². The highest BCUT2D eigenvalue weighted by Gasteiger charge is 2.30. The molecule has 0 spiro atoms. The summed E-state index contributed by atoms with van der Waals surface area (Å²) in [5.41, 5.74) is 1.63. The van der Waals surface area contributed by atoms with Crippen molar-refractivity contribution in [3.05, 3.63) is 11.6 Å². The van der Waals surface area contributed by atoms with E-state index in [-0.39, 0.29) is 0 Å². The summed E-state index contributed by atoms with van der Waals surface area (Å²) in [5, 5.41) is 0. The SMILES string of the molecule is CC1=CC[C@H]2CN(CCCN(C)C)CCC2C1. The van der Waals surface area contributed by atoms with Crippen LogP contribution in [0.3, 0.4) is 0 Å². The lowest BCUT2D eigenvalue weighted by Crippen LogP contribution is -2.42. The van der Waals surface area contributed by atoms with Crippen LogP contribution >= 0.6 is 0 Å². The summed E-state index contributed by atoms with van der Waals surface area (Å²) in [6, 6.07) is 0. The highest BCUT2D eigenvalue weighted by molar-refractivity contribution is 5.07. The molecule has 98 valence electrons. The number of hydrogen-bond donors (Lipinski definition) is 0. The zero-order valence-corrected chi connectivity index (χ0v) is 11.8. The van der Waals surface area contributed by atoms with Crippen LogP contribution in [-0.2, 0) is 0 Å². The lowest BCUT2D eigenvalue weighted by molar-refractivity contribution is 0.111.